The van der Waals surface area contributed by atoms with Crippen LogP contribution in [0.4, 0.5) is 0 Å². The fourth-order valence-corrected chi connectivity index (χ4v) is 2.08. The van der Waals surface area contributed by atoms with Crippen molar-refractivity contribution in [3.05, 3.63) is 46.5 Å². The van der Waals surface area contributed by atoms with Gasteiger partial charge in [-0.15, -0.1) is 0 Å². The van der Waals surface area contributed by atoms with Crippen LogP contribution in [0.15, 0.2) is 30.3 Å². The Balaban J connectivity index is 2.85. The third-order valence-electron chi connectivity index (χ3n) is 2.56. The van der Waals surface area contributed by atoms with Gasteiger partial charge in [0.25, 0.3) is 0 Å². The van der Waals surface area contributed by atoms with Gasteiger partial charge in [-0.1, -0.05) is 29.8 Å². The van der Waals surface area contributed by atoms with Gasteiger partial charge in [0, 0.05) is 5.02 Å². The molecule has 2 rings (SSSR count). The van der Waals surface area contributed by atoms with Gasteiger partial charge in [0.1, 0.15) is 0 Å². The monoisotopic (exact) mass is 234 g/mol. The van der Waals surface area contributed by atoms with E-state index in [0.717, 1.165) is 16.3 Å². The smallest absolute Gasteiger partial charge is 0.338 e. The van der Waals surface area contributed by atoms with Crippen molar-refractivity contribution in [3.63, 3.8) is 0 Å². The molecule has 0 N–H and O–H groups in total. The number of methoxy groups -OCH3 is 1. The quantitative estimate of drug-likeness (QED) is 0.705. The Labute approximate surface area is 98.8 Å². The molecule has 3 heteroatoms. The number of rotatable bonds is 1. The number of carbonyl (C=O) groups is 1. The van der Waals surface area contributed by atoms with E-state index in [4.69, 9.17) is 16.3 Å². The summed E-state index contributed by atoms with van der Waals surface area (Å²) in [5.41, 5.74) is 1.55. The normalized spacial score (nSPS) is 10.4. The molecule has 0 aliphatic heterocycles. The van der Waals surface area contributed by atoms with Crippen molar-refractivity contribution in [2.45, 2.75) is 6.92 Å². The summed E-state index contributed by atoms with van der Waals surface area (Å²) in [7, 11) is 1.37. The highest BCUT2D eigenvalue weighted by Gasteiger charge is 2.13. The van der Waals surface area contributed by atoms with Crippen LogP contribution in [-0.4, -0.2) is 13.1 Å². The zero-order valence-corrected chi connectivity index (χ0v) is 9.84. The van der Waals surface area contributed by atoms with Crippen molar-refractivity contribution in [1.29, 1.82) is 0 Å². The number of benzene rings is 2. The van der Waals surface area contributed by atoms with E-state index in [-0.39, 0.29) is 5.97 Å². The molecule has 0 bridgehead atoms. The highest BCUT2D eigenvalue weighted by atomic mass is 35.5. The number of carbonyl (C=O) groups excluding carboxylic acids is 1. The van der Waals surface area contributed by atoms with E-state index in [1.807, 2.05) is 31.2 Å². The minimum atomic E-state index is -0.359. The van der Waals surface area contributed by atoms with E-state index in [1.165, 1.54) is 7.11 Å². The second-order valence-corrected chi connectivity index (χ2v) is 4.05. The van der Waals surface area contributed by atoms with E-state index < -0.39 is 0 Å². The third-order valence-corrected chi connectivity index (χ3v) is 2.77. The number of fused-ring (bicyclic) bond motifs is 1. The average molecular weight is 235 g/mol. The molecule has 0 spiro atoms. The van der Waals surface area contributed by atoms with Crippen LogP contribution in [0.2, 0.25) is 5.02 Å². The minimum absolute atomic E-state index is 0.359. The topological polar surface area (TPSA) is 26.3 Å². The molecule has 0 aliphatic rings. The maximum absolute atomic E-state index is 11.7. The first-order valence-electron chi connectivity index (χ1n) is 4.90. The molecule has 16 heavy (non-hydrogen) atoms. The van der Waals surface area contributed by atoms with Gasteiger partial charge in [-0.2, -0.15) is 0 Å². The Kier molecular flexibility index (Phi) is 2.84. The predicted molar refractivity (Wildman–Crippen MR) is 65.0 cm³/mol. The molecule has 0 aromatic heterocycles. The summed E-state index contributed by atoms with van der Waals surface area (Å²) in [5, 5.41) is 2.39. The van der Waals surface area contributed by atoms with E-state index in [9.17, 15) is 4.79 Å². The van der Waals surface area contributed by atoms with Gasteiger partial charge in [0.2, 0.25) is 0 Å². The summed E-state index contributed by atoms with van der Waals surface area (Å²) in [5.74, 6) is -0.359. The van der Waals surface area contributed by atoms with Crippen molar-refractivity contribution in [2.24, 2.45) is 0 Å². The summed E-state index contributed by atoms with van der Waals surface area (Å²) in [6.07, 6.45) is 0. The Hall–Kier alpha value is -1.54. The zero-order chi connectivity index (χ0) is 11.7. The van der Waals surface area contributed by atoms with Crippen LogP contribution < -0.4 is 0 Å². The van der Waals surface area contributed by atoms with Gasteiger partial charge in [-0.25, -0.2) is 4.79 Å². The van der Waals surface area contributed by atoms with Crippen LogP contribution in [0.1, 0.15) is 15.9 Å². The molecule has 0 aliphatic carbocycles. The van der Waals surface area contributed by atoms with E-state index in [1.54, 1.807) is 6.07 Å². The molecule has 2 aromatic carbocycles. The van der Waals surface area contributed by atoms with E-state index in [2.05, 4.69) is 0 Å². The lowest BCUT2D eigenvalue weighted by Crippen LogP contribution is -2.03. The fourth-order valence-electron chi connectivity index (χ4n) is 1.85. The number of aryl methyl sites for hydroxylation is 1. The summed E-state index contributed by atoms with van der Waals surface area (Å²) >= 11 is 5.97. The Morgan fingerprint density at radius 1 is 1.31 bits per heavy atom. The van der Waals surface area contributed by atoms with Gasteiger partial charge in [0.15, 0.2) is 0 Å². The first-order valence-corrected chi connectivity index (χ1v) is 5.28. The van der Waals surface area contributed by atoms with Crippen molar-refractivity contribution in [2.75, 3.05) is 7.11 Å². The van der Waals surface area contributed by atoms with Crippen molar-refractivity contribution >= 4 is 28.3 Å². The molecule has 0 saturated carbocycles. The van der Waals surface area contributed by atoms with Gasteiger partial charge >= 0.3 is 5.97 Å². The molecule has 0 unspecified atom stereocenters. The number of esters is 1. The fraction of sp³-hybridized carbons (Fsp3) is 0.154. The molecular formula is C13H11ClO2. The number of ether oxygens (including phenoxy) is 1. The SMILES string of the molecule is COC(=O)c1cc(Cl)cc2cccc(C)c12. The molecule has 0 saturated heterocycles. The summed E-state index contributed by atoms with van der Waals surface area (Å²) < 4.78 is 4.76. The Morgan fingerprint density at radius 3 is 2.75 bits per heavy atom. The molecule has 0 atom stereocenters. The van der Waals surface area contributed by atoms with Crippen LogP contribution in [0.5, 0.6) is 0 Å². The molecule has 0 fully saturated rings. The van der Waals surface area contributed by atoms with E-state index >= 15 is 0 Å². The van der Waals surface area contributed by atoms with Crippen LogP contribution >= 0.6 is 11.6 Å². The maximum Gasteiger partial charge on any atom is 0.338 e. The highest BCUT2D eigenvalue weighted by molar-refractivity contribution is 6.32. The predicted octanol–water partition coefficient (Wildman–Crippen LogP) is 3.59. The lowest BCUT2D eigenvalue weighted by Gasteiger charge is -2.08. The largest absolute Gasteiger partial charge is 0.465 e. The minimum Gasteiger partial charge on any atom is -0.465 e. The third kappa shape index (κ3) is 1.76. The van der Waals surface area contributed by atoms with Gasteiger partial charge in [0.05, 0.1) is 12.7 Å². The summed E-state index contributed by atoms with van der Waals surface area (Å²) in [6.45, 7) is 1.96. The number of hydrogen-bond donors (Lipinski definition) is 0. The Bertz CT molecular complexity index is 561. The summed E-state index contributed by atoms with van der Waals surface area (Å²) in [4.78, 5) is 11.7. The molecule has 82 valence electrons. The van der Waals surface area contributed by atoms with Crippen LogP contribution in [0.25, 0.3) is 10.8 Å². The zero-order valence-electron chi connectivity index (χ0n) is 9.08. The number of halogens is 1. The standard InChI is InChI=1S/C13H11ClO2/c1-8-4-3-5-9-6-10(14)7-11(12(8)9)13(15)16-2/h3-7H,1-2H3. The molecule has 2 aromatic rings. The summed E-state index contributed by atoms with van der Waals surface area (Å²) in [6, 6.07) is 9.32. The first-order chi connectivity index (χ1) is 7.63. The van der Waals surface area contributed by atoms with E-state index in [0.29, 0.717) is 10.6 Å². The van der Waals surface area contributed by atoms with Gasteiger partial charge in [-0.05, 0) is 35.4 Å². The lowest BCUT2D eigenvalue weighted by atomic mass is 10.00. The van der Waals surface area contributed by atoms with Crippen LogP contribution in [0, 0.1) is 6.92 Å². The van der Waals surface area contributed by atoms with Gasteiger partial charge in [-0.3, -0.25) is 0 Å². The van der Waals surface area contributed by atoms with Gasteiger partial charge < -0.3 is 4.74 Å². The first kappa shape index (κ1) is 11.0. The van der Waals surface area contributed by atoms with Crippen molar-refractivity contribution in [1.82, 2.24) is 0 Å². The molecule has 2 nitrogen and oxygen atoms in total. The Morgan fingerprint density at radius 2 is 2.06 bits per heavy atom. The van der Waals surface area contributed by atoms with Crippen LogP contribution in [0.3, 0.4) is 0 Å². The molecule has 0 heterocycles. The maximum atomic E-state index is 11.7. The average Bonchev–Trinajstić information content (AvgIpc) is 2.27. The highest BCUT2D eigenvalue weighted by Crippen LogP contribution is 2.27. The van der Waals surface area contributed by atoms with Crippen molar-refractivity contribution < 1.29 is 9.53 Å². The second kappa shape index (κ2) is 4.14. The second-order valence-electron chi connectivity index (χ2n) is 3.62. The number of hydrogen-bond acceptors (Lipinski definition) is 2. The molecule has 0 radical (unpaired) electrons. The van der Waals surface area contributed by atoms with Crippen LogP contribution in [-0.2, 0) is 4.74 Å². The molecule has 0 amide bonds. The van der Waals surface area contributed by atoms with Crippen molar-refractivity contribution in [3.8, 4) is 0 Å². The molecular weight excluding hydrogens is 224 g/mol. The lowest BCUT2D eigenvalue weighted by molar-refractivity contribution is 0.0603.